The second kappa shape index (κ2) is 8.39. The van der Waals surface area contributed by atoms with Crippen LogP contribution in [0.1, 0.15) is 30.8 Å². The van der Waals surface area contributed by atoms with Gasteiger partial charge < -0.3 is 14.0 Å². The van der Waals surface area contributed by atoms with Crippen LogP contribution in [0.3, 0.4) is 0 Å². The van der Waals surface area contributed by atoms with Gasteiger partial charge in [-0.05, 0) is 63.9 Å². The lowest BCUT2D eigenvalue weighted by molar-refractivity contribution is 0.770. The van der Waals surface area contributed by atoms with Crippen LogP contribution in [0.2, 0.25) is 0 Å². The third-order valence-corrected chi connectivity index (χ3v) is 7.47. The molecule has 0 saturated heterocycles. The minimum absolute atomic E-state index is 0.957. The van der Waals surface area contributed by atoms with Gasteiger partial charge in [0.15, 0.2) is 0 Å². The molecule has 0 saturated carbocycles. The highest BCUT2D eigenvalue weighted by Crippen LogP contribution is 2.49. The van der Waals surface area contributed by atoms with Gasteiger partial charge in [-0.15, -0.1) is 0 Å². The monoisotopic (exact) mass is 449 g/mol. The van der Waals surface area contributed by atoms with Crippen molar-refractivity contribution in [1.29, 1.82) is 0 Å². The maximum atomic E-state index is 2.46. The number of hydrogen-bond donors (Lipinski definition) is 0. The van der Waals surface area contributed by atoms with E-state index < -0.39 is 0 Å². The zero-order valence-electron chi connectivity index (χ0n) is 21.5. The van der Waals surface area contributed by atoms with Crippen LogP contribution in [-0.2, 0) is 13.1 Å². The molecular formula is C31H35N3. The van der Waals surface area contributed by atoms with E-state index in [0.29, 0.717) is 0 Å². The van der Waals surface area contributed by atoms with Crippen LogP contribution in [0, 0.1) is 20.8 Å². The third-order valence-electron chi connectivity index (χ3n) is 7.47. The molecule has 3 nitrogen and oxygen atoms in total. The SMILES string of the molecule is CCn1c(C)c(-c2c(C)ccc(N(C)C)c2-c2c(C)n(CC)c3ccccc23)c2ccccc21. The fraction of sp³-hybridized carbons (Fsp3) is 0.290. The van der Waals surface area contributed by atoms with E-state index in [4.69, 9.17) is 0 Å². The van der Waals surface area contributed by atoms with Crippen molar-refractivity contribution in [3.05, 3.63) is 77.6 Å². The van der Waals surface area contributed by atoms with Crippen molar-refractivity contribution >= 4 is 27.5 Å². The molecule has 2 aromatic heterocycles. The molecule has 3 heteroatoms. The quantitative estimate of drug-likeness (QED) is 0.265. The molecule has 0 radical (unpaired) electrons. The number of aryl methyl sites for hydroxylation is 3. The molecule has 0 bridgehead atoms. The molecule has 0 unspecified atom stereocenters. The van der Waals surface area contributed by atoms with Gasteiger partial charge in [0.1, 0.15) is 0 Å². The van der Waals surface area contributed by atoms with Crippen LogP contribution in [0.15, 0.2) is 60.7 Å². The summed E-state index contributed by atoms with van der Waals surface area (Å²) in [5.74, 6) is 0. The van der Waals surface area contributed by atoms with Gasteiger partial charge in [0.25, 0.3) is 0 Å². The van der Waals surface area contributed by atoms with Crippen molar-refractivity contribution in [2.75, 3.05) is 19.0 Å². The minimum Gasteiger partial charge on any atom is -0.377 e. The Bertz CT molecular complexity index is 1530. The number of para-hydroxylation sites is 2. The van der Waals surface area contributed by atoms with Gasteiger partial charge in [-0.2, -0.15) is 0 Å². The number of nitrogens with zero attached hydrogens (tertiary/aromatic N) is 3. The molecule has 0 aliphatic heterocycles. The maximum absolute atomic E-state index is 2.46. The Morgan fingerprint density at radius 3 is 1.53 bits per heavy atom. The minimum atomic E-state index is 0.957. The molecule has 0 amide bonds. The number of hydrogen-bond acceptors (Lipinski definition) is 1. The second-order valence-corrected chi connectivity index (χ2v) is 9.49. The van der Waals surface area contributed by atoms with Crippen molar-refractivity contribution in [3.8, 4) is 22.3 Å². The summed E-state index contributed by atoms with van der Waals surface area (Å²) >= 11 is 0. The molecule has 5 rings (SSSR count). The zero-order valence-corrected chi connectivity index (χ0v) is 21.5. The average molecular weight is 450 g/mol. The maximum Gasteiger partial charge on any atom is 0.0488 e. The lowest BCUT2D eigenvalue weighted by atomic mass is 9.87. The Morgan fingerprint density at radius 1 is 0.588 bits per heavy atom. The predicted octanol–water partition coefficient (Wildman–Crippen LogP) is 7.96. The summed E-state index contributed by atoms with van der Waals surface area (Å²) in [6.07, 6.45) is 0. The number of anilines is 1. The zero-order chi connectivity index (χ0) is 24.1. The van der Waals surface area contributed by atoms with E-state index >= 15 is 0 Å². The van der Waals surface area contributed by atoms with E-state index in [1.54, 1.807) is 0 Å². The molecule has 0 fully saturated rings. The summed E-state index contributed by atoms with van der Waals surface area (Å²) in [5, 5.41) is 2.66. The molecule has 0 spiro atoms. The fourth-order valence-electron chi connectivity index (χ4n) is 5.95. The van der Waals surface area contributed by atoms with Gasteiger partial charge in [0.05, 0.1) is 0 Å². The molecule has 0 aliphatic carbocycles. The Hall–Kier alpha value is -3.46. The number of fused-ring (bicyclic) bond motifs is 2. The lowest BCUT2D eigenvalue weighted by Gasteiger charge is -2.24. The van der Waals surface area contributed by atoms with Crippen LogP contribution < -0.4 is 4.90 Å². The summed E-state index contributed by atoms with van der Waals surface area (Å²) in [7, 11) is 4.32. The van der Waals surface area contributed by atoms with Crippen molar-refractivity contribution < 1.29 is 0 Å². The highest BCUT2D eigenvalue weighted by molar-refractivity contribution is 6.10. The van der Waals surface area contributed by atoms with Gasteiger partial charge in [-0.1, -0.05) is 42.5 Å². The average Bonchev–Trinajstić information content (AvgIpc) is 3.27. The topological polar surface area (TPSA) is 13.1 Å². The number of aromatic nitrogens is 2. The van der Waals surface area contributed by atoms with Crippen LogP contribution in [-0.4, -0.2) is 23.2 Å². The van der Waals surface area contributed by atoms with Crippen molar-refractivity contribution in [3.63, 3.8) is 0 Å². The lowest BCUT2D eigenvalue weighted by Crippen LogP contribution is -2.11. The predicted molar refractivity (Wildman–Crippen MR) is 148 cm³/mol. The van der Waals surface area contributed by atoms with E-state index in [-0.39, 0.29) is 0 Å². The molecule has 174 valence electrons. The molecule has 0 atom stereocenters. The van der Waals surface area contributed by atoms with Crippen LogP contribution in [0.25, 0.3) is 44.1 Å². The Balaban J connectivity index is 2.01. The van der Waals surface area contributed by atoms with Gasteiger partial charge in [-0.3, -0.25) is 0 Å². The normalized spacial score (nSPS) is 11.6. The van der Waals surface area contributed by atoms with Crippen molar-refractivity contribution in [2.24, 2.45) is 0 Å². The second-order valence-electron chi connectivity index (χ2n) is 9.49. The largest absolute Gasteiger partial charge is 0.377 e. The summed E-state index contributed by atoms with van der Waals surface area (Å²) in [6.45, 7) is 13.2. The summed E-state index contributed by atoms with van der Waals surface area (Å²) in [5.41, 5.74) is 13.3. The molecule has 34 heavy (non-hydrogen) atoms. The van der Waals surface area contributed by atoms with Crippen LogP contribution in [0.4, 0.5) is 5.69 Å². The van der Waals surface area contributed by atoms with E-state index in [2.05, 4.69) is 123 Å². The van der Waals surface area contributed by atoms with Crippen LogP contribution in [0.5, 0.6) is 0 Å². The first-order chi connectivity index (χ1) is 16.4. The first kappa shape index (κ1) is 22.3. The van der Waals surface area contributed by atoms with Crippen LogP contribution >= 0.6 is 0 Å². The Morgan fingerprint density at radius 2 is 1.06 bits per heavy atom. The molecule has 0 N–H and O–H groups in total. The van der Waals surface area contributed by atoms with Gasteiger partial charge in [0.2, 0.25) is 0 Å². The fourth-order valence-corrected chi connectivity index (χ4v) is 5.95. The molecule has 2 heterocycles. The number of rotatable bonds is 5. The first-order valence-corrected chi connectivity index (χ1v) is 12.4. The molecule has 5 aromatic rings. The van der Waals surface area contributed by atoms with Crippen molar-refractivity contribution in [1.82, 2.24) is 9.13 Å². The van der Waals surface area contributed by atoms with Gasteiger partial charge in [0, 0.05) is 82.8 Å². The molecular weight excluding hydrogens is 414 g/mol. The smallest absolute Gasteiger partial charge is 0.0488 e. The summed E-state index contributed by atoms with van der Waals surface area (Å²) in [6, 6.07) is 22.3. The van der Waals surface area contributed by atoms with Gasteiger partial charge >= 0.3 is 0 Å². The standard InChI is InChI=1S/C31H35N3/c1-8-33-21(4)29(23-14-10-12-16-25(23)33)28-20(3)18-19-27(32(6)7)31(28)30-22(5)34(9-2)26-17-13-11-15-24(26)30/h10-19H,8-9H2,1-7H3. The highest BCUT2D eigenvalue weighted by Gasteiger charge is 2.26. The van der Waals surface area contributed by atoms with Gasteiger partial charge in [-0.25, -0.2) is 0 Å². The third kappa shape index (κ3) is 3.10. The number of benzene rings is 3. The summed E-state index contributed by atoms with van der Waals surface area (Å²) < 4.78 is 4.91. The molecule has 3 aromatic carbocycles. The van der Waals surface area contributed by atoms with Crippen molar-refractivity contribution in [2.45, 2.75) is 47.7 Å². The van der Waals surface area contributed by atoms with E-state index in [0.717, 1.165) is 13.1 Å². The highest BCUT2D eigenvalue weighted by atomic mass is 15.1. The van der Waals surface area contributed by atoms with E-state index in [1.807, 2.05) is 0 Å². The van der Waals surface area contributed by atoms with E-state index in [9.17, 15) is 0 Å². The first-order valence-electron chi connectivity index (χ1n) is 12.4. The van der Waals surface area contributed by atoms with E-state index in [1.165, 1.54) is 66.7 Å². The summed E-state index contributed by atoms with van der Waals surface area (Å²) in [4.78, 5) is 2.27. The Kier molecular flexibility index (Phi) is 5.51. The molecule has 0 aliphatic rings. The Labute approximate surface area is 203 Å².